The maximum atomic E-state index is 12.2. The van der Waals surface area contributed by atoms with E-state index in [2.05, 4.69) is 26.6 Å². The summed E-state index contributed by atoms with van der Waals surface area (Å²) in [7, 11) is 1.50. The molecule has 0 saturated carbocycles. The third-order valence-corrected chi connectivity index (χ3v) is 3.83. The molecule has 0 unspecified atom stereocenters. The van der Waals surface area contributed by atoms with Gasteiger partial charge in [-0.3, -0.25) is 4.79 Å². The second-order valence-corrected chi connectivity index (χ2v) is 5.95. The van der Waals surface area contributed by atoms with E-state index >= 15 is 0 Å². The lowest BCUT2D eigenvalue weighted by Gasteiger charge is -2.08. The van der Waals surface area contributed by atoms with Crippen LogP contribution in [0.2, 0.25) is 5.02 Å². The van der Waals surface area contributed by atoms with Crippen molar-refractivity contribution < 1.29 is 9.53 Å². The number of hydrogen-bond donors (Lipinski definition) is 2. The molecular weight excluding hydrogens is 394 g/mol. The van der Waals surface area contributed by atoms with E-state index < -0.39 is 5.91 Å². The number of nitrogens with zero attached hydrogens (tertiary/aromatic N) is 1. The summed E-state index contributed by atoms with van der Waals surface area (Å²) in [4.78, 5) is 12.2. The molecule has 122 valence electrons. The SMILES string of the molecule is COc1ccc(NC(=O)/C(C#N)=C\Nc2ccc(Br)cc2)cc1Cl. The van der Waals surface area contributed by atoms with E-state index in [0.29, 0.717) is 16.5 Å². The predicted molar refractivity (Wildman–Crippen MR) is 98.1 cm³/mol. The molecule has 0 aliphatic rings. The van der Waals surface area contributed by atoms with Crippen LogP contribution in [0.15, 0.2) is 58.7 Å². The molecule has 0 heterocycles. The molecule has 0 aliphatic carbocycles. The lowest BCUT2D eigenvalue weighted by molar-refractivity contribution is -0.112. The Balaban J connectivity index is 2.08. The number of carbonyl (C=O) groups excluding carboxylic acids is 1. The molecule has 0 radical (unpaired) electrons. The lowest BCUT2D eigenvalue weighted by atomic mass is 10.2. The number of nitriles is 1. The topological polar surface area (TPSA) is 74.1 Å². The summed E-state index contributed by atoms with van der Waals surface area (Å²) in [6.07, 6.45) is 1.35. The first kappa shape index (κ1) is 17.9. The Labute approximate surface area is 153 Å². The molecule has 0 spiro atoms. The first-order chi connectivity index (χ1) is 11.5. The van der Waals surface area contributed by atoms with E-state index in [4.69, 9.17) is 21.6 Å². The van der Waals surface area contributed by atoms with Crippen molar-refractivity contribution >= 4 is 44.8 Å². The zero-order chi connectivity index (χ0) is 17.5. The van der Waals surface area contributed by atoms with Gasteiger partial charge in [-0.05, 0) is 42.5 Å². The fourth-order valence-electron chi connectivity index (χ4n) is 1.79. The summed E-state index contributed by atoms with van der Waals surface area (Å²) in [5.41, 5.74) is 1.16. The Hall–Kier alpha value is -2.49. The summed E-state index contributed by atoms with van der Waals surface area (Å²) >= 11 is 9.34. The van der Waals surface area contributed by atoms with E-state index in [1.807, 2.05) is 30.3 Å². The molecule has 0 atom stereocenters. The van der Waals surface area contributed by atoms with Crippen molar-refractivity contribution in [3.63, 3.8) is 0 Å². The second-order valence-electron chi connectivity index (χ2n) is 4.62. The molecular formula is C17H13BrClN3O2. The molecule has 7 heteroatoms. The quantitative estimate of drug-likeness (QED) is 0.563. The average Bonchev–Trinajstić information content (AvgIpc) is 2.57. The smallest absolute Gasteiger partial charge is 0.267 e. The number of halogens is 2. The van der Waals surface area contributed by atoms with E-state index in [0.717, 1.165) is 10.2 Å². The summed E-state index contributed by atoms with van der Waals surface area (Å²) in [5, 5.41) is 15.0. The van der Waals surface area contributed by atoms with Crippen LogP contribution in [0.5, 0.6) is 5.75 Å². The Bertz CT molecular complexity index is 814. The zero-order valence-electron chi connectivity index (χ0n) is 12.6. The van der Waals surface area contributed by atoms with Gasteiger partial charge in [0.25, 0.3) is 5.91 Å². The van der Waals surface area contributed by atoms with Crippen molar-refractivity contribution in [1.82, 2.24) is 0 Å². The zero-order valence-corrected chi connectivity index (χ0v) is 15.0. The van der Waals surface area contributed by atoms with Crippen LogP contribution < -0.4 is 15.4 Å². The van der Waals surface area contributed by atoms with E-state index in [1.54, 1.807) is 18.2 Å². The molecule has 0 fully saturated rings. The van der Waals surface area contributed by atoms with Crippen molar-refractivity contribution in [2.45, 2.75) is 0 Å². The van der Waals surface area contributed by atoms with Gasteiger partial charge in [-0.2, -0.15) is 5.26 Å². The van der Waals surface area contributed by atoms with E-state index in [1.165, 1.54) is 13.3 Å². The predicted octanol–water partition coefficient (Wildman–Crippen LogP) is 4.57. The monoisotopic (exact) mass is 405 g/mol. The van der Waals surface area contributed by atoms with Gasteiger partial charge >= 0.3 is 0 Å². The lowest BCUT2D eigenvalue weighted by Crippen LogP contribution is -2.14. The van der Waals surface area contributed by atoms with Crippen molar-refractivity contribution in [3.05, 3.63) is 63.7 Å². The highest BCUT2D eigenvalue weighted by molar-refractivity contribution is 9.10. The van der Waals surface area contributed by atoms with Crippen LogP contribution in [-0.2, 0) is 4.79 Å². The molecule has 2 rings (SSSR count). The molecule has 0 bridgehead atoms. The van der Waals surface area contributed by atoms with Crippen LogP contribution in [0.3, 0.4) is 0 Å². The highest BCUT2D eigenvalue weighted by Crippen LogP contribution is 2.27. The van der Waals surface area contributed by atoms with Crippen molar-refractivity contribution in [2.75, 3.05) is 17.7 Å². The van der Waals surface area contributed by atoms with E-state index in [9.17, 15) is 4.79 Å². The molecule has 2 aromatic rings. The number of nitrogens with one attached hydrogen (secondary N) is 2. The molecule has 1 amide bonds. The Kier molecular flexibility index (Phi) is 6.24. The Morgan fingerprint density at radius 1 is 1.25 bits per heavy atom. The minimum absolute atomic E-state index is 0.0649. The average molecular weight is 407 g/mol. The van der Waals surface area contributed by atoms with Gasteiger partial charge in [0.1, 0.15) is 17.4 Å². The maximum absolute atomic E-state index is 12.2. The number of rotatable bonds is 5. The normalized spacial score (nSPS) is 10.7. The number of methoxy groups -OCH3 is 1. The van der Waals surface area contributed by atoms with Crippen LogP contribution in [0.4, 0.5) is 11.4 Å². The molecule has 5 nitrogen and oxygen atoms in total. The number of hydrogen-bond acceptors (Lipinski definition) is 4. The van der Waals surface area contributed by atoms with Gasteiger partial charge in [-0.25, -0.2) is 0 Å². The molecule has 0 aliphatic heterocycles. The number of anilines is 2. The van der Waals surface area contributed by atoms with Crippen LogP contribution in [0, 0.1) is 11.3 Å². The van der Waals surface area contributed by atoms with Crippen molar-refractivity contribution in [3.8, 4) is 11.8 Å². The Morgan fingerprint density at radius 2 is 1.92 bits per heavy atom. The van der Waals surface area contributed by atoms with Crippen LogP contribution in [0.25, 0.3) is 0 Å². The molecule has 2 N–H and O–H groups in total. The number of carbonyl (C=O) groups is 1. The van der Waals surface area contributed by atoms with Gasteiger partial charge < -0.3 is 15.4 Å². The van der Waals surface area contributed by atoms with Crippen LogP contribution >= 0.6 is 27.5 Å². The van der Waals surface area contributed by atoms with Gasteiger partial charge in [0.2, 0.25) is 0 Å². The first-order valence-corrected chi connectivity index (χ1v) is 7.98. The van der Waals surface area contributed by atoms with Crippen molar-refractivity contribution in [2.24, 2.45) is 0 Å². The summed E-state index contributed by atoms with van der Waals surface area (Å²) in [5.74, 6) is -0.0361. The fourth-order valence-corrected chi connectivity index (χ4v) is 2.31. The van der Waals surface area contributed by atoms with E-state index in [-0.39, 0.29) is 5.57 Å². The highest BCUT2D eigenvalue weighted by atomic mass is 79.9. The minimum Gasteiger partial charge on any atom is -0.495 e. The first-order valence-electron chi connectivity index (χ1n) is 6.80. The summed E-state index contributed by atoms with van der Waals surface area (Å²) in [6, 6.07) is 14.0. The molecule has 0 aromatic heterocycles. The summed E-state index contributed by atoms with van der Waals surface area (Å²) < 4.78 is 5.98. The molecule has 24 heavy (non-hydrogen) atoms. The van der Waals surface area contributed by atoms with Crippen molar-refractivity contribution in [1.29, 1.82) is 5.26 Å². The van der Waals surface area contributed by atoms with Gasteiger partial charge in [0, 0.05) is 22.0 Å². The molecule has 2 aromatic carbocycles. The Morgan fingerprint density at radius 3 is 2.50 bits per heavy atom. The maximum Gasteiger partial charge on any atom is 0.267 e. The highest BCUT2D eigenvalue weighted by Gasteiger charge is 2.10. The third kappa shape index (κ3) is 4.75. The number of amides is 1. The summed E-state index contributed by atoms with van der Waals surface area (Å²) in [6.45, 7) is 0. The standard InChI is InChI=1S/C17H13BrClN3O2/c1-24-16-7-6-14(8-15(16)19)22-17(23)11(9-20)10-21-13-4-2-12(18)3-5-13/h2-8,10,21H,1H3,(H,22,23)/b11-10-. The van der Waals surface area contributed by atoms with Gasteiger partial charge in [0.05, 0.1) is 12.1 Å². The van der Waals surface area contributed by atoms with Gasteiger partial charge in [0.15, 0.2) is 0 Å². The van der Waals surface area contributed by atoms with Gasteiger partial charge in [-0.1, -0.05) is 27.5 Å². The van der Waals surface area contributed by atoms with Crippen LogP contribution in [0.1, 0.15) is 0 Å². The second kappa shape index (κ2) is 8.39. The molecule has 0 saturated heterocycles. The largest absolute Gasteiger partial charge is 0.495 e. The van der Waals surface area contributed by atoms with Gasteiger partial charge in [-0.15, -0.1) is 0 Å². The minimum atomic E-state index is -0.539. The van der Waals surface area contributed by atoms with Crippen LogP contribution in [-0.4, -0.2) is 13.0 Å². The number of ether oxygens (including phenoxy) is 1. The third-order valence-electron chi connectivity index (χ3n) is 3.00. The number of benzene rings is 2. The fraction of sp³-hybridized carbons (Fsp3) is 0.0588.